The van der Waals surface area contributed by atoms with E-state index in [0.29, 0.717) is 19.3 Å². The minimum Gasteiger partial charge on any atom is -0.462 e. The highest BCUT2D eigenvalue weighted by Gasteiger charge is 2.19. The SMILES string of the molecule is CC/C=C\C/C=C\C/C=C\C/C=C\C/C=C\C/C=C\C/C=C\CCCCCCCC(=O)OCC(COC(=O)CCCCCCCCCCCCCCCCCCC)OC(=O)CCC/C=C\C/C=C\C/C=C\C/C=C\C/C=C\CC. The Hall–Kier alpha value is -4.71. The van der Waals surface area contributed by atoms with E-state index in [1.165, 1.54) is 89.9 Å². The summed E-state index contributed by atoms with van der Waals surface area (Å²) in [5, 5.41) is 0. The highest BCUT2D eigenvalue weighted by atomic mass is 16.6. The molecule has 0 spiro atoms. The van der Waals surface area contributed by atoms with Crippen LogP contribution >= 0.6 is 0 Å². The van der Waals surface area contributed by atoms with Crippen molar-refractivity contribution in [3.63, 3.8) is 0 Å². The lowest BCUT2D eigenvalue weighted by molar-refractivity contribution is -0.167. The van der Waals surface area contributed by atoms with Crippen molar-refractivity contribution in [3.05, 3.63) is 146 Å². The topological polar surface area (TPSA) is 78.9 Å². The molecule has 6 nitrogen and oxygen atoms in total. The van der Waals surface area contributed by atoms with Gasteiger partial charge in [0.15, 0.2) is 6.10 Å². The summed E-state index contributed by atoms with van der Waals surface area (Å²) in [4.78, 5) is 38.3. The predicted octanol–water partition coefficient (Wildman–Crippen LogP) is 22.3. The van der Waals surface area contributed by atoms with Crippen molar-refractivity contribution in [3.8, 4) is 0 Å². The zero-order valence-electron chi connectivity index (χ0n) is 51.1. The summed E-state index contributed by atoms with van der Waals surface area (Å²) in [6.45, 7) is 6.36. The zero-order chi connectivity index (χ0) is 57.1. The molecule has 0 saturated carbocycles. The molecular weight excluding hydrogens is 973 g/mol. The smallest absolute Gasteiger partial charge is 0.306 e. The lowest BCUT2D eigenvalue weighted by Gasteiger charge is -2.18. The Morgan fingerprint density at radius 3 is 0.810 bits per heavy atom. The fraction of sp³-hybridized carbons (Fsp3) is 0.630. The van der Waals surface area contributed by atoms with Crippen LogP contribution in [0.5, 0.6) is 0 Å². The first kappa shape index (κ1) is 74.3. The van der Waals surface area contributed by atoms with Crippen LogP contribution in [0.4, 0.5) is 0 Å². The predicted molar refractivity (Wildman–Crippen MR) is 343 cm³/mol. The molecule has 0 aromatic heterocycles. The summed E-state index contributed by atoms with van der Waals surface area (Å²) >= 11 is 0. The Kier molecular flexibility index (Phi) is 61.9. The number of hydrogen-bond donors (Lipinski definition) is 0. The number of esters is 3. The number of carbonyl (C=O) groups is 3. The van der Waals surface area contributed by atoms with Crippen LogP contribution in [0.1, 0.15) is 278 Å². The summed E-state index contributed by atoms with van der Waals surface area (Å²) in [6, 6.07) is 0. The molecule has 0 bridgehead atoms. The van der Waals surface area contributed by atoms with E-state index in [1.807, 2.05) is 0 Å². The van der Waals surface area contributed by atoms with Gasteiger partial charge in [-0.3, -0.25) is 14.4 Å². The summed E-state index contributed by atoms with van der Waals surface area (Å²) < 4.78 is 16.9. The average molecular weight is 1090 g/mol. The van der Waals surface area contributed by atoms with Crippen molar-refractivity contribution in [1.82, 2.24) is 0 Å². The molecule has 79 heavy (non-hydrogen) atoms. The lowest BCUT2D eigenvalue weighted by atomic mass is 10.0. The molecule has 0 saturated heterocycles. The van der Waals surface area contributed by atoms with Crippen LogP contribution in [0.15, 0.2) is 146 Å². The monoisotopic (exact) mass is 1090 g/mol. The normalized spacial score (nSPS) is 13.1. The van der Waals surface area contributed by atoms with Crippen LogP contribution in [0.25, 0.3) is 0 Å². The highest BCUT2D eigenvalue weighted by molar-refractivity contribution is 5.71. The molecule has 0 aliphatic rings. The van der Waals surface area contributed by atoms with E-state index < -0.39 is 6.10 Å². The van der Waals surface area contributed by atoms with Gasteiger partial charge in [0, 0.05) is 19.3 Å². The molecule has 0 fully saturated rings. The maximum Gasteiger partial charge on any atom is 0.306 e. The standard InChI is InChI=1S/C73H118O6/c1-4-7-10-13-16-19-22-25-28-31-32-33-34-35-36-37-38-39-40-43-45-48-51-54-57-60-63-66-72(75)78-69-70(79-73(76)67-64-61-58-55-52-49-46-42-30-27-24-21-18-15-12-9-6-3)68-77-71(74)65-62-59-56-53-50-47-44-41-29-26-23-20-17-14-11-8-5-2/h7,9-10,12,16,18-19,21,25,27-28,30,32-33,35-36,38-39,43,45-46,49,55,58,70H,4-6,8,11,13-15,17,20,22-24,26,29,31,34,37,40-42,44,47-48,50-54,56-57,59-69H2,1-3H3/b10-7-,12-9-,19-16-,21-18-,28-25-,30-27-,33-32-,36-35-,39-38-,45-43-,49-46-,58-55-. The Morgan fingerprint density at radius 2 is 0.506 bits per heavy atom. The highest BCUT2D eigenvalue weighted by Crippen LogP contribution is 2.16. The number of carbonyl (C=O) groups excluding carboxylic acids is 3. The first-order chi connectivity index (χ1) is 39.0. The van der Waals surface area contributed by atoms with Gasteiger partial charge < -0.3 is 14.2 Å². The van der Waals surface area contributed by atoms with E-state index >= 15 is 0 Å². The molecule has 446 valence electrons. The third-order valence-corrected chi connectivity index (χ3v) is 13.3. The van der Waals surface area contributed by atoms with Crippen LogP contribution < -0.4 is 0 Å². The van der Waals surface area contributed by atoms with Gasteiger partial charge in [-0.1, -0.05) is 289 Å². The second-order valence-corrected chi connectivity index (χ2v) is 20.9. The minimum absolute atomic E-state index is 0.110. The molecule has 0 radical (unpaired) electrons. The Morgan fingerprint density at radius 1 is 0.266 bits per heavy atom. The van der Waals surface area contributed by atoms with Crippen LogP contribution in [0.2, 0.25) is 0 Å². The fourth-order valence-corrected chi connectivity index (χ4v) is 8.58. The number of hydrogen-bond acceptors (Lipinski definition) is 6. The van der Waals surface area contributed by atoms with Crippen molar-refractivity contribution >= 4 is 17.9 Å². The van der Waals surface area contributed by atoms with Gasteiger partial charge in [-0.2, -0.15) is 0 Å². The molecule has 1 unspecified atom stereocenters. The average Bonchev–Trinajstić information content (AvgIpc) is 3.45. The third kappa shape index (κ3) is 64.0. The molecule has 0 aromatic carbocycles. The minimum atomic E-state index is -0.822. The number of allylic oxidation sites excluding steroid dienone is 24. The second kappa shape index (κ2) is 65.8. The van der Waals surface area contributed by atoms with E-state index in [-0.39, 0.29) is 37.5 Å². The summed E-state index contributed by atoms with van der Waals surface area (Å²) in [5.41, 5.74) is 0. The lowest BCUT2D eigenvalue weighted by Crippen LogP contribution is -2.30. The number of ether oxygens (including phenoxy) is 3. The second-order valence-electron chi connectivity index (χ2n) is 20.9. The Labute approximate surface area is 487 Å². The number of rotatable bonds is 57. The molecular formula is C73H118O6. The quantitative estimate of drug-likeness (QED) is 0.0261. The van der Waals surface area contributed by atoms with Crippen molar-refractivity contribution in [2.24, 2.45) is 0 Å². The maximum absolute atomic E-state index is 12.9. The maximum atomic E-state index is 12.9. The largest absolute Gasteiger partial charge is 0.462 e. The van der Waals surface area contributed by atoms with Gasteiger partial charge in [0.05, 0.1) is 0 Å². The summed E-state index contributed by atoms with van der Waals surface area (Å²) in [6.07, 6.45) is 94.3. The van der Waals surface area contributed by atoms with Gasteiger partial charge in [0.1, 0.15) is 13.2 Å². The zero-order valence-corrected chi connectivity index (χ0v) is 51.1. The molecule has 0 aliphatic carbocycles. The summed E-state index contributed by atoms with van der Waals surface area (Å²) in [7, 11) is 0. The van der Waals surface area contributed by atoms with Crippen LogP contribution in [0.3, 0.4) is 0 Å². The van der Waals surface area contributed by atoms with E-state index in [1.54, 1.807) is 0 Å². The Balaban J connectivity index is 4.48. The van der Waals surface area contributed by atoms with Gasteiger partial charge in [0.25, 0.3) is 0 Å². The van der Waals surface area contributed by atoms with Gasteiger partial charge in [-0.15, -0.1) is 0 Å². The van der Waals surface area contributed by atoms with E-state index in [2.05, 4.69) is 167 Å². The molecule has 0 aliphatic heterocycles. The van der Waals surface area contributed by atoms with Crippen LogP contribution in [-0.4, -0.2) is 37.2 Å². The van der Waals surface area contributed by atoms with Gasteiger partial charge in [0.2, 0.25) is 0 Å². The van der Waals surface area contributed by atoms with Crippen molar-refractivity contribution < 1.29 is 28.6 Å². The Bertz CT molecular complexity index is 1730. The first-order valence-electron chi connectivity index (χ1n) is 32.3. The molecule has 6 heteroatoms. The van der Waals surface area contributed by atoms with Gasteiger partial charge in [-0.05, 0) is 116 Å². The molecule has 0 N–H and O–H groups in total. The van der Waals surface area contributed by atoms with Gasteiger partial charge >= 0.3 is 17.9 Å². The molecule has 0 rings (SSSR count). The van der Waals surface area contributed by atoms with Crippen molar-refractivity contribution in [2.75, 3.05) is 13.2 Å². The molecule has 0 aromatic rings. The van der Waals surface area contributed by atoms with Gasteiger partial charge in [-0.25, -0.2) is 0 Å². The third-order valence-electron chi connectivity index (χ3n) is 13.3. The van der Waals surface area contributed by atoms with Crippen LogP contribution in [-0.2, 0) is 28.6 Å². The molecule has 0 heterocycles. The van der Waals surface area contributed by atoms with Crippen molar-refractivity contribution in [2.45, 2.75) is 284 Å². The number of unbranched alkanes of at least 4 members (excludes halogenated alkanes) is 22. The fourth-order valence-electron chi connectivity index (χ4n) is 8.58. The first-order valence-corrected chi connectivity index (χ1v) is 32.3. The summed E-state index contributed by atoms with van der Waals surface area (Å²) in [5.74, 6) is -0.986. The van der Waals surface area contributed by atoms with Crippen LogP contribution in [0, 0.1) is 0 Å². The molecule has 1 atom stereocenters. The van der Waals surface area contributed by atoms with Crippen molar-refractivity contribution in [1.29, 1.82) is 0 Å². The molecule has 0 amide bonds. The van der Waals surface area contributed by atoms with E-state index in [9.17, 15) is 14.4 Å². The van der Waals surface area contributed by atoms with E-state index in [4.69, 9.17) is 14.2 Å². The van der Waals surface area contributed by atoms with E-state index in [0.717, 1.165) is 141 Å².